The zero-order chi connectivity index (χ0) is 9.84. The third-order valence-corrected chi connectivity index (χ3v) is 1.87. The molecule has 0 fully saturated rings. The van der Waals surface area contributed by atoms with Crippen molar-refractivity contribution in [2.75, 3.05) is 14.2 Å². The van der Waals surface area contributed by atoms with Crippen molar-refractivity contribution >= 4 is 5.57 Å². The summed E-state index contributed by atoms with van der Waals surface area (Å²) < 4.78 is 10.3. The van der Waals surface area contributed by atoms with Gasteiger partial charge in [-0.05, 0) is 24.6 Å². The Hall–Kier alpha value is -1.44. The first-order valence-electron chi connectivity index (χ1n) is 4.07. The molecule has 0 aromatic heterocycles. The molecule has 0 saturated carbocycles. The summed E-state index contributed by atoms with van der Waals surface area (Å²) in [6.07, 6.45) is 0. The first-order valence-corrected chi connectivity index (χ1v) is 4.07. The molecule has 0 aliphatic carbocycles. The van der Waals surface area contributed by atoms with Gasteiger partial charge in [0.1, 0.15) is 11.5 Å². The van der Waals surface area contributed by atoms with E-state index in [0.29, 0.717) is 0 Å². The van der Waals surface area contributed by atoms with Crippen LogP contribution in [-0.2, 0) is 0 Å². The average Bonchev–Trinajstić information content (AvgIpc) is 2.16. The van der Waals surface area contributed by atoms with E-state index in [2.05, 4.69) is 6.58 Å². The summed E-state index contributed by atoms with van der Waals surface area (Å²) in [5.41, 5.74) is 2.00. The molecule has 1 aromatic rings. The van der Waals surface area contributed by atoms with Crippen LogP contribution in [0.2, 0.25) is 0 Å². The van der Waals surface area contributed by atoms with Crippen LogP contribution in [-0.4, -0.2) is 14.2 Å². The van der Waals surface area contributed by atoms with Gasteiger partial charge in [0.15, 0.2) is 0 Å². The van der Waals surface area contributed by atoms with Crippen molar-refractivity contribution < 1.29 is 9.47 Å². The molecule has 0 saturated heterocycles. The molecule has 13 heavy (non-hydrogen) atoms. The normalized spacial score (nSPS) is 9.46. The zero-order valence-electron chi connectivity index (χ0n) is 8.26. The standard InChI is InChI=1S/C11H14O2/c1-8(2)10-6-5-9(12-3)7-11(10)13-4/h5-7H,1H2,2-4H3. The highest BCUT2D eigenvalue weighted by Gasteiger charge is 2.04. The van der Waals surface area contributed by atoms with Crippen molar-refractivity contribution in [2.45, 2.75) is 6.92 Å². The van der Waals surface area contributed by atoms with Crippen molar-refractivity contribution in [3.8, 4) is 11.5 Å². The molecular formula is C11H14O2. The Bertz CT molecular complexity index is 316. The molecular weight excluding hydrogens is 164 g/mol. The Labute approximate surface area is 78.8 Å². The number of allylic oxidation sites excluding steroid dienone is 1. The lowest BCUT2D eigenvalue weighted by atomic mass is 10.1. The lowest BCUT2D eigenvalue weighted by Gasteiger charge is -2.09. The number of rotatable bonds is 3. The molecule has 70 valence electrons. The molecule has 0 N–H and O–H groups in total. The molecule has 0 amide bonds. The maximum absolute atomic E-state index is 5.21. The molecule has 1 rings (SSSR count). The third-order valence-electron chi connectivity index (χ3n) is 1.87. The van der Waals surface area contributed by atoms with Gasteiger partial charge in [0.05, 0.1) is 14.2 Å². The molecule has 0 aliphatic heterocycles. The third kappa shape index (κ3) is 2.02. The first-order chi connectivity index (χ1) is 6.19. The molecule has 0 unspecified atom stereocenters. The van der Waals surface area contributed by atoms with Gasteiger partial charge < -0.3 is 9.47 Å². The Morgan fingerprint density at radius 1 is 1.23 bits per heavy atom. The van der Waals surface area contributed by atoms with E-state index >= 15 is 0 Å². The minimum atomic E-state index is 0.793. The Morgan fingerprint density at radius 2 is 1.92 bits per heavy atom. The lowest BCUT2D eigenvalue weighted by molar-refractivity contribution is 0.393. The Kier molecular flexibility index (Phi) is 2.96. The summed E-state index contributed by atoms with van der Waals surface area (Å²) >= 11 is 0. The van der Waals surface area contributed by atoms with E-state index in [1.807, 2.05) is 25.1 Å². The average molecular weight is 178 g/mol. The molecule has 0 aliphatic rings. The van der Waals surface area contributed by atoms with Crippen molar-refractivity contribution in [1.82, 2.24) is 0 Å². The molecule has 0 atom stereocenters. The summed E-state index contributed by atoms with van der Waals surface area (Å²) in [7, 11) is 3.27. The highest BCUT2D eigenvalue weighted by atomic mass is 16.5. The van der Waals surface area contributed by atoms with E-state index in [4.69, 9.17) is 9.47 Å². The predicted octanol–water partition coefficient (Wildman–Crippen LogP) is 2.74. The minimum Gasteiger partial charge on any atom is -0.497 e. The van der Waals surface area contributed by atoms with Gasteiger partial charge in [0, 0.05) is 11.6 Å². The zero-order valence-corrected chi connectivity index (χ0v) is 8.26. The molecule has 0 heterocycles. The number of ether oxygens (including phenoxy) is 2. The lowest BCUT2D eigenvalue weighted by Crippen LogP contribution is -1.91. The second-order valence-corrected chi connectivity index (χ2v) is 2.85. The van der Waals surface area contributed by atoms with Crippen LogP contribution < -0.4 is 9.47 Å². The summed E-state index contributed by atoms with van der Waals surface area (Å²) in [6.45, 7) is 5.82. The van der Waals surface area contributed by atoms with Crippen molar-refractivity contribution in [3.05, 3.63) is 30.3 Å². The molecule has 0 spiro atoms. The largest absolute Gasteiger partial charge is 0.497 e. The molecule has 2 heteroatoms. The smallest absolute Gasteiger partial charge is 0.130 e. The highest BCUT2D eigenvalue weighted by molar-refractivity contribution is 5.68. The maximum Gasteiger partial charge on any atom is 0.130 e. The van der Waals surface area contributed by atoms with E-state index in [1.54, 1.807) is 14.2 Å². The van der Waals surface area contributed by atoms with Gasteiger partial charge in [0.25, 0.3) is 0 Å². The van der Waals surface area contributed by atoms with Gasteiger partial charge >= 0.3 is 0 Å². The van der Waals surface area contributed by atoms with Crippen LogP contribution in [0, 0.1) is 0 Å². The van der Waals surface area contributed by atoms with Gasteiger partial charge in [-0.25, -0.2) is 0 Å². The van der Waals surface area contributed by atoms with E-state index in [0.717, 1.165) is 22.6 Å². The van der Waals surface area contributed by atoms with Crippen molar-refractivity contribution in [1.29, 1.82) is 0 Å². The number of benzene rings is 1. The van der Waals surface area contributed by atoms with Crippen LogP contribution in [0.15, 0.2) is 24.8 Å². The fourth-order valence-corrected chi connectivity index (χ4v) is 1.15. The van der Waals surface area contributed by atoms with Crippen LogP contribution in [0.5, 0.6) is 11.5 Å². The van der Waals surface area contributed by atoms with Crippen LogP contribution in [0.4, 0.5) is 0 Å². The predicted molar refractivity (Wildman–Crippen MR) is 54.3 cm³/mol. The molecule has 0 bridgehead atoms. The van der Waals surface area contributed by atoms with E-state index < -0.39 is 0 Å². The van der Waals surface area contributed by atoms with Crippen molar-refractivity contribution in [2.24, 2.45) is 0 Å². The fraction of sp³-hybridized carbons (Fsp3) is 0.273. The van der Waals surface area contributed by atoms with Gasteiger partial charge in [-0.15, -0.1) is 0 Å². The van der Waals surface area contributed by atoms with Gasteiger partial charge in [-0.3, -0.25) is 0 Å². The summed E-state index contributed by atoms with van der Waals surface area (Å²) in [5, 5.41) is 0. The van der Waals surface area contributed by atoms with Crippen LogP contribution in [0.1, 0.15) is 12.5 Å². The topological polar surface area (TPSA) is 18.5 Å². The van der Waals surface area contributed by atoms with E-state index in [-0.39, 0.29) is 0 Å². The highest BCUT2D eigenvalue weighted by Crippen LogP contribution is 2.28. The molecule has 1 aromatic carbocycles. The van der Waals surface area contributed by atoms with Crippen LogP contribution >= 0.6 is 0 Å². The molecule has 0 radical (unpaired) electrons. The minimum absolute atomic E-state index is 0.793. The Balaban J connectivity index is 3.15. The fourth-order valence-electron chi connectivity index (χ4n) is 1.15. The van der Waals surface area contributed by atoms with Gasteiger partial charge in [0.2, 0.25) is 0 Å². The van der Waals surface area contributed by atoms with E-state index in [9.17, 15) is 0 Å². The monoisotopic (exact) mass is 178 g/mol. The van der Waals surface area contributed by atoms with Crippen LogP contribution in [0.3, 0.4) is 0 Å². The Morgan fingerprint density at radius 3 is 2.38 bits per heavy atom. The van der Waals surface area contributed by atoms with Gasteiger partial charge in [-0.1, -0.05) is 6.58 Å². The number of hydrogen-bond acceptors (Lipinski definition) is 2. The maximum atomic E-state index is 5.21. The van der Waals surface area contributed by atoms with Crippen molar-refractivity contribution in [3.63, 3.8) is 0 Å². The summed E-state index contributed by atoms with van der Waals surface area (Å²) in [4.78, 5) is 0. The van der Waals surface area contributed by atoms with Crippen LogP contribution in [0.25, 0.3) is 5.57 Å². The first kappa shape index (κ1) is 9.65. The SMILES string of the molecule is C=C(C)c1ccc(OC)cc1OC. The molecule has 2 nitrogen and oxygen atoms in total. The van der Waals surface area contributed by atoms with Gasteiger partial charge in [-0.2, -0.15) is 0 Å². The van der Waals surface area contributed by atoms with E-state index in [1.165, 1.54) is 0 Å². The second-order valence-electron chi connectivity index (χ2n) is 2.85. The number of hydrogen-bond donors (Lipinski definition) is 0. The summed E-state index contributed by atoms with van der Waals surface area (Å²) in [6, 6.07) is 5.69. The summed E-state index contributed by atoms with van der Waals surface area (Å²) in [5.74, 6) is 1.59. The quantitative estimate of drug-likeness (QED) is 0.708. The number of methoxy groups -OCH3 is 2. The second kappa shape index (κ2) is 3.99.